The van der Waals surface area contributed by atoms with Gasteiger partial charge in [0.2, 0.25) is 5.95 Å². The average Bonchev–Trinajstić information content (AvgIpc) is 3.14. The first-order valence-electron chi connectivity index (χ1n) is 12.5. The first-order valence-corrected chi connectivity index (χ1v) is 12.5. The minimum Gasteiger partial charge on any atom is -0.444 e. The van der Waals surface area contributed by atoms with E-state index in [1.165, 1.54) is 32.1 Å². The number of carbonyl (C=O) groups excluding carboxylic acids is 1. The number of aliphatic imine (C=N–C) groups is 1. The van der Waals surface area contributed by atoms with E-state index in [9.17, 15) is 4.79 Å². The Morgan fingerprint density at radius 2 is 1.85 bits per heavy atom. The van der Waals surface area contributed by atoms with Crippen molar-refractivity contribution in [3.05, 3.63) is 18.0 Å². The van der Waals surface area contributed by atoms with Crippen LogP contribution in [0, 0.1) is 0 Å². The molecule has 3 heterocycles. The molecule has 178 valence electrons. The lowest BCUT2D eigenvalue weighted by Crippen LogP contribution is -2.42. The number of aromatic nitrogens is 3. The van der Waals surface area contributed by atoms with Crippen LogP contribution in [-0.2, 0) is 10.3 Å². The molecule has 0 saturated heterocycles. The molecule has 2 N–H and O–H groups in total. The second-order valence-electron chi connectivity index (χ2n) is 11.0. The average molecular weight is 453 g/mol. The number of fused-ring (bicyclic) bond motifs is 4. The predicted octanol–water partition coefficient (Wildman–Crippen LogP) is 4.77. The summed E-state index contributed by atoms with van der Waals surface area (Å²) in [7, 11) is 0. The summed E-state index contributed by atoms with van der Waals surface area (Å²) in [5.74, 6) is 0.695. The van der Waals surface area contributed by atoms with Gasteiger partial charge in [-0.3, -0.25) is 4.99 Å². The van der Waals surface area contributed by atoms with Gasteiger partial charge in [-0.25, -0.2) is 9.78 Å². The number of nitrogens with one attached hydrogen (secondary N) is 2. The molecule has 2 aromatic heterocycles. The molecule has 0 bridgehead atoms. The molecular formula is C25H36N6O2. The Morgan fingerprint density at radius 1 is 1.12 bits per heavy atom. The second kappa shape index (κ2) is 8.61. The molecule has 5 rings (SSSR count). The standard InChI is InChI=1S/C25H36N6O2/c1-24(2,3)33-23(32)29-19-9-7-18(8-10-19)28-22-27-14-17-13-20-15-26-16-25(11-5-4-6-12-25)31(20)21(17)30-22/h13-15,18-19H,4-12,16H2,1-3H3,(H,29,32)(H,27,28,30)/t18-,19+. The fourth-order valence-corrected chi connectivity index (χ4v) is 5.68. The fourth-order valence-electron chi connectivity index (χ4n) is 5.68. The van der Waals surface area contributed by atoms with E-state index < -0.39 is 5.60 Å². The predicted molar refractivity (Wildman–Crippen MR) is 130 cm³/mol. The number of carbonyl (C=O) groups is 1. The third kappa shape index (κ3) is 4.70. The molecule has 8 nitrogen and oxygen atoms in total. The third-order valence-corrected chi connectivity index (χ3v) is 7.22. The summed E-state index contributed by atoms with van der Waals surface area (Å²) < 4.78 is 7.84. The summed E-state index contributed by atoms with van der Waals surface area (Å²) in [6.07, 6.45) is 13.5. The maximum absolute atomic E-state index is 12.1. The molecule has 3 aliphatic rings. The van der Waals surface area contributed by atoms with Gasteiger partial charge in [0, 0.05) is 29.9 Å². The SMILES string of the molecule is CC(C)(C)OC(=O)N[C@H]1CC[C@@H](Nc2ncc3cc4n(c3n2)C2(CCCCC2)CN=C4)CC1. The number of anilines is 1. The lowest BCUT2D eigenvalue weighted by atomic mass is 9.80. The van der Waals surface area contributed by atoms with Gasteiger partial charge in [-0.1, -0.05) is 19.3 Å². The molecule has 2 aromatic rings. The van der Waals surface area contributed by atoms with Crippen LogP contribution < -0.4 is 10.6 Å². The fraction of sp³-hybridized carbons (Fsp3) is 0.680. The van der Waals surface area contributed by atoms with Crippen LogP contribution in [0.5, 0.6) is 0 Å². The van der Waals surface area contributed by atoms with Crippen molar-refractivity contribution in [2.45, 2.75) is 102 Å². The van der Waals surface area contributed by atoms with Crippen LogP contribution in [0.15, 0.2) is 17.3 Å². The highest BCUT2D eigenvalue weighted by atomic mass is 16.6. The summed E-state index contributed by atoms with van der Waals surface area (Å²) in [4.78, 5) is 26.4. The summed E-state index contributed by atoms with van der Waals surface area (Å²) >= 11 is 0. The quantitative estimate of drug-likeness (QED) is 0.700. The van der Waals surface area contributed by atoms with Crippen LogP contribution >= 0.6 is 0 Å². The minimum atomic E-state index is -0.473. The van der Waals surface area contributed by atoms with E-state index in [1.54, 1.807) is 0 Å². The maximum atomic E-state index is 12.1. The van der Waals surface area contributed by atoms with Crippen LogP contribution in [0.4, 0.5) is 10.7 Å². The Balaban J connectivity index is 1.26. The summed E-state index contributed by atoms with van der Waals surface area (Å²) in [6.45, 7) is 6.51. The van der Waals surface area contributed by atoms with Gasteiger partial charge in [-0.2, -0.15) is 4.98 Å². The highest BCUT2D eigenvalue weighted by Crippen LogP contribution is 2.40. The molecule has 2 saturated carbocycles. The lowest BCUT2D eigenvalue weighted by molar-refractivity contribution is 0.0492. The van der Waals surface area contributed by atoms with Crippen molar-refractivity contribution in [3.63, 3.8) is 0 Å². The van der Waals surface area contributed by atoms with E-state index >= 15 is 0 Å². The third-order valence-electron chi connectivity index (χ3n) is 7.22. The van der Waals surface area contributed by atoms with E-state index in [4.69, 9.17) is 14.7 Å². The minimum absolute atomic E-state index is 0.0705. The van der Waals surface area contributed by atoms with E-state index in [2.05, 4.69) is 26.3 Å². The van der Waals surface area contributed by atoms with Crippen molar-refractivity contribution in [1.82, 2.24) is 19.9 Å². The number of amides is 1. The Labute approximate surface area is 195 Å². The molecule has 33 heavy (non-hydrogen) atoms. The van der Waals surface area contributed by atoms with Crippen LogP contribution in [0.2, 0.25) is 0 Å². The number of rotatable bonds is 3. The second-order valence-corrected chi connectivity index (χ2v) is 11.0. The van der Waals surface area contributed by atoms with Crippen molar-refractivity contribution in [2.75, 3.05) is 11.9 Å². The highest BCUT2D eigenvalue weighted by molar-refractivity contribution is 5.90. The van der Waals surface area contributed by atoms with Gasteiger partial charge in [0.1, 0.15) is 11.2 Å². The van der Waals surface area contributed by atoms with Crippen LogP contribution in [0.25, 0.3) is 11.0 Å². The van der Waals surface area contributed by atoms with E-state index in [-0.39, 0.29) is 17.7 Å². The molecule has 1 amide bonds. The molecule has 2 aliphatic carbocycles. The topological polar surface area (TPSA) is 93.4 Å². The molecule has 1 aliphatic heterocycles. The monoisotopic (exact) mass is 452 g/mol. The van der Waals surface area contributed by atoms with Gasteiger partial charge in [-0.05, 0) is 65.4 Å². The molecule has 0 atom stereocenters. The number of nitrogens with zero attached hydrogens (tertiary/aromatic N) is 4. The van der Waals surface area contributed by atoms with E-state index in [1.807, 2.05) is 33.2 Å². The van der Waals surface area contributed by atoms with Crippen LogP contribution in [-0.4, -0.2) is 51.1 Å². The number of hydrogen-bond acceptors (Lipinski definition) is 6. The van der Waals surface area contributed by atoms with Gasteiger partial charge < -0.3 is 19.9 Å². The molecule has 0 unspecified atom stereocenters. The zero-order valence-electron chi connectivity index (χ0n) is 20.1. The van der Waals surface area contributed by atoms with Crippen molar-refractivity contribution >= 4 is 29.3 Å². The number of hydrogen-bond donors (Lipinski definition) is 2. The maximum Gasteiger partial charge on any atom is 0.407 e. The van der Waals surface area contributed by atoms with Crippen molar-refractivity contribution in [2.24, 2.45) is 4.99 Å². The lowest BCUT2D eigenvalue weighted by Gasteiger charge is -2.40. The molecule has 8 heteroatoms. The normalized spacial score (nSPS) is 24.5. The Kier molecular flexibility index (Phi) is 5.79. The van der Waals surface area contributed by atoms with Gasteiger partial charge >= 0.3 is 6.09 Å². The van der Waals surface area contributed by atoms with Gasteiger partial charge in [-0.15, -0.1) is 0 Å². The number of ether oxygens (including phenoxy) is 1. The molecule has 2 fully saturated rings. The zero-order chi connectivity index (χ0) is 23.1. The van der Waals surface area contributed by atoms with Crippen molar-refractivity contribution in [1.29, 1.82) is 0 Å². The van der Waals surface area contributed by atoms with Gasteiger partial charge in [0.15, 0.2) is 0 Å². The number of alkyl carbamates (subject to hydrolysis) is 1. The Bertz CT molecular complexity index is 1040. The molecular weight excluding hydrogens is 416 g/mol. The summed E-state index contributed by atoms with van der Waals surface area (Å²) in [5, 5.41) is 7.65. The first kappa shape index (κ1) is 22.2. The molecule has 0 radical (unpaired) electrons. The molecule has 0 aromatic carbocycles. The highest BCUT2D eigenvalue weighted by Gasteiger charge is 2.38. The van der Waals surface area contributed by atoms with Crippen LogP contribution in [0.1, 0.15) is 84.3 Å². The molecule has 1 spiro atoms. The van der Waals surface area contributed by atoms with Gasteiger partial charge in [0.05, 0.1) is 17.8 Å². The van der Waals surface area contributed by atoms with Crippen molar-refractivity contribution in [3.8, 4) is 0 Å². The van der Waals surface area contributed by atoms with E-state index in [0.29, 0.717) is 12.0 Å². The Morgan fingerprint density at radius 3 is 2.58 bits per heavy atom. The van der Waals surface area contributed by atoms with E-state index in [0.717, 1.165) is 49.0 Å². The summed E-state index contributed by atoms with van der Waals surface area (Å²) in [6, 6.07) is 2.63. The smallest absolute Gasteiger partial charge is 0.407 e. The summed E-state index contributed by atoms with van der Waals surface area (Å²) in [5.41, 5.74) is 1.77. The Hall–Kier alpha value is -2.64. The van der Waals surface area contributed by atoms with Crippen molar-refractivity contribution < 1.29 is 9.53 Å². The van der Waals surface area contributed by atoms with Gasteiger partial charge in [0.25, 0.3) is 0 Å². The van der Waals surface area contributed by atoms with Crippen LogP contribution in [0.3, 0.4) is 0 Å². The zero-order valence-corrected chi connectivity index (χ0v) is 20.1. The first-order chi connectivity index (χ1) is 15.8. The largest absolute Gasteiger partial charge is 0.444 e.